The zero-order valence-electron chi connectivity index (χ0n) is 19.7. The van der Waals surface area contributed by atoms with E-state index in [1.807, 2.05) is 70.2 Å². The van der Waals surface area contributed by atoms with Crippen LogP contribution in [0.25, 0.3) is 0 Å². The highest BCUT2D eigenvalue weighted by molar-refractivity contribution is 6.05. The number of aromatic nitrogens is 1. The van der Waals surface area contributed by atoms with E-state index in [0.717, 1.165) is 11.4 Å². The highest BCUT2D eigenvalue weighted by Gasteiger charge is 2.15. The van der Waals surface area contributed by atoms with Crippen LogP contribution in [0.5, 0.6) is 11.5 Å². The molecule has 1 amide bonds. The maximum atomic E-state index is 12.8. The molecular weight excluding hydrogens is 400 g/mol. The molecular formula is C27H32N2O3. The lowest BCUT2D eigenvalue weighted by molar-refractivity contribution is 0.0154. The van der Waals surface area contributed by atoms with Crippen LogP contribution in [-0.2, 0) is 4.74 Å². The number of hydrogen-bond acceptors (Lipinski definition) is 4. The van der Waals surface area contributed by atoms with Crippen LogP contribution in [0.3, 0.4) is 0 Å². The quantitative estimate of drug-likeness (QED) is 0.414. The van der Waals surface area contributed by atoms with Crippen LogP contribution in [0.1, 0.15) is 73.9 Å². The van der Waals surface area contributed by atoms with E-state index in [0.29, 0.717) is 28.6 Å². The number of amides is 1. The molecule has 0 aliphatic carbocycles. The van der Waals surface area contributed by atoms with Gasteiger partial charge in [-0.15, -0.1) is 0 Å². The molecule has 0 aliphatic rings. The van der Waals surface area contributed by atoms with Crippen molar-refractivity contribution in [2.75, 3.05) is 5.32 Å². The molecule has 2 aromatic carbocycles. The molecule has 0 radical (unpaired) electrons. The number of benzene rings is 2. The van der Waals surface area contributed by atoms with Crippen LogP contribution in [0.4, 0.5) is 5.69 Å². The standard InChI is InChI=1S/C27H32N2O3/c1-17(2)21-10-12-23(13-11-21)32-24-9-7-8-22(16-24)29-27(30)25-14-15-26(28-19(25)5)20(6)31-18(3)4/h7-18,20H,1-6H3,(H,29,30). The van der Waals surface area contributed by atoms with Crippen molar-refractivity contribution >= 4 is 11.6 Å². The number of nitrogens with zero attached hydrogens (tertiary/aromatic N) is 1. The summed E-state index contributed by atoms with van der Waals surface area (Å²) in [7, 11) is 0. The first-order valence-electron chi connectivity index (χ1n) is 11.0. The fourth-order valence-corrected chi connectivity index (χ4v) is 3.42. The van der Waals surface area contributed by atoms with Crippen molar-refractivity contribution in [2.24, 2.45) is 0 Å². The minimum Gasteiger partial charge on any atom is -0.457 e. The molecule has 1 atom stereocenters. The topological polar surface area (TPSA) is 60.5 Å². The number of anilines is 1. The lowest BCUT2D eigenvalue weighted by atomic mass is 10.0. The van der Waals surface area contributed by atoms with Crippen LogP contribution in [0.15, 0.2) is 60.7 Å². The van der Waals surface area contributed by atoms with E-state index in [9.17, 15) is 4.79 Å². The van der Waals surface area contributed by atoms with E-state index < -0.39 is 0 Å². The third kappa shape index (κ3) is 6.17. The predicted octanol–water partition coefficient (Wildman–Crippen LogP) is 7.04. The Morgan fingerprint density at radius 2 is 1.62 bits per heavy atom. The third-order valence-corrected chi connectivity index (χ3v) is 5.12. The number of ether oxygens (including phenoxy) is 2. The van der Waals surface area contributed by atoms with Crippen LogP contribution in [0.2, 0.25) is 0 Å². The fraction of sp³-hybridized carbons (Fsp3) is 0.333. The van der Waals surface area contributed by atoms with Gasteiger partial charge in [-0.05, 0) is 75.6 Å². The summed E-state index contributed by atoms with van der Waals surface area (Å²) >= 11 is 0. The van der Waals surface area contributed by atoms with E-state index in [-0.39, 0.29) is 18.1 Å². The number of rotatable bonds is 8. The number of hydrogen-bond donors (Lipinski definition) is 1. The summed E-state index contributed by atoms with van der Waals surface area (Å²) in [6, 6.07) is 19.1. The average Bonchev–Trinajstić information content (AvgIpc) is 2.73. The third-order valence-electron chi connectivity index (χ3n) is 5.12. The molecule has 0 bridgehead atoms. The Hall–Kier alpha value is -3.18. The van der Waals surface area contributed by atoms with Gasteiger partial charge >= 0.3 is 0 Å². The molecule has 0 spiro atoms. The molecule has 5 heteroatoms. The van der Waals surface area contributed by atoms with E-state index in [1.54, 1.807) is 6.07 Å². The summed E-state index contributed by atoms with van der Waals surface area (Å²) < 4.78 is 11.8. The van der Waals surface area contributed by atoms with Gasteiger partial charge < -0.3 is 14.8 Å². The summed E-state index contributed by atoms with van der Waals surface area (Å²) in [5, 5.41) is 2.94. The van der Waals surface area contributed by atoms with Gasteiger partial charge in [0, 0.05) is 11.8 Å². The Morgan fingerprint density at radius 1 is 0.906 bits per heavy atom. The molecule has 32 heavy (non-hydrogen) atoms. The van der Waals surface area contributed by atoms with Crippen LogP contribution in [-0.4, -0.2) is 17.0 Å². The first-order chi connectivity index (χ1) is 15.2. The highest BCUT2D eigenvalue weighted by Crippen LogP contribution is 2.26. The van der Waals surface area contributed by atoms with Gasteiger partial charge in [-0.2, -0.15) is 0 Å². The number of nitrogens with one attached hydrogen (secondary N) is 1. The van der Waals surface area contributed by atoms with Gasteiger partial charge in [0.1, 0.15) is 11.5 Å². The predicted molar refractivity (Wildman–Crippen MR) is 129 cm³/mol. The Labute approximate surface area is 190 Å². The summed E-state index contributed by atoms with van der Waals surface area (Å²) in [5.41, 5.74) is 3.93. The Balaban J connectivity index is 1.69. The molecule has 0 saturated carbocycles. The van der Waals surface area contributed by atoms with E-state index in [1.165, 1.54) is 5.56 Å². The fourth-order valence-electron chi connectivity index (χ4n) is 3.42. The van der Waals surface area contributed by atoms with Crippen molar-refractivity contribution in [3.05, 3.63) is 83.2 Å². The number of carbonyl (C=O) groups excluding carboxylic acids is 1. The van der Waals surface area contributed by atoms with Crippen molar-refractivity contribution < 1.29 is 14.3 Å². The Bertz CT molecular complexity index is 1060. The largest absolute Gasteiger partial charge is 0.457 e. The molecule has 3 rings (SSSR count). The average molecular weight is 433 g/mol. The van der Waals surface area contributed by atoms with Crippen LogP contribution >= 0.6 is 0 Å². The first-order valence-corrected chi connectivity index (χ1v) is 11.0. The summed E-state index contributed by atoms with van der Waals surface area (Å²) in [6.45, 7) is 12.1. The van der Waals surface area contributed by atoms with Crippen molar-refractivity contribution in [1.29, 1.82) is 0 Å². The maximum absolute atomic E-state index is 12.8. The van der Waals surface area contributed by atoms with E-state index in [4.69, 9.17) is 9.47 Å². The van der Waals surface area contributed by atoms with Crippen LogP contribution in [0, 0.1) is 6.92 Å². The highest BCUT2D eigenvalue weighted by atomic mass is 16.5. The van der Waals surface area contributed by atoms with Gasteiger partial charge in [-0.3, -0.25) is 9.78 Å². The second-order valence-corrected chi connectivity index (χ2v) is 8.50. The van der Waals surface area contributed by atoms with Crippen molar-refractivity contribution in [3.63, 3.8) is 0 Å². The second-order valence-electron chi connectivity index (χ2n) is 8.50. The zero-order chi connectivity index (χ0) is 23.3. The molecule has 1 N–H and O–H groups in total. The minimum absolute atomic E-state index is 0.109. The number of pyridine rings is 1. The Morgan fingerprint density at radius 3 is 2.25 bits per heavy atom. The molecule has 1 aromatic heterocycles. The van der Waals surface area contributed by atoms with Crippen LogP contribution < -0.4 is 10.1 Å². The van der Waals surface area contributed by atoms with E-state index in [2.05, 4.69) is 36.3 Å². The van der Waals surface area contributed by atoms with Gasteiger partial charge in [-0.1, -0.05) is 32.0 Å². The second kappa shape index (κ2) is 10.4. The smallest absolute Gasteiger partial charge is 0.257 e. The molecule has 5 nitrogen and oxygen atoms in total. The molecule has 0 aliphatic heterocycles. The summed E-state index contributed by atoms with van der Waals surface area (Å²) in [6.07, 6.45) is -0.0213. The molecule has 1 heterocycles. The van der Waals surface area contributed by atoms with Crippen molar-refractivity contribution in [1.82, 2.24) is 4.98 Å². The minimum atomic E-state index is -0.211. The normalized spacial score (nSPS) is 12.1. The maximum Gasteiger partial charge on any atom is 0.257 e. The zero-order valence-corrected chi connectivity index (χ0v) is 19.7. The monoisotopic (exact) mass is 432 g/mol. The molecule has 168 valence electrons. The molecule has 0 fully saturated rings. The van der Waals surface area contributed by atoms with Crippen molar-refractivity contribution in [2.45, 2.75) is 59.7 Å². The SMILES string of the molecule is Cc1nc(C(C)OC(C)C)ccc1C(=O)Nc1cccc(Oc2ccc(C(C)C)cc2)c1. The van der Waals surface area contributed by atoms with Gasteiger partial charge in [0.2, 0.25) is 0 Å². The van der Waals surface area contributed by atoms with Crippen molar-refractivity contribution in [3.8, 4) is 11.5 Å². The van der Waals surface area contributed by atoms with E-state index >= 15 is 0 Å². The van der Waals surface area contributed by atoms with Gasteiger partial charge in [-0.25, -0.2) is 0 Å². The molecule has 0 saturated heterocycles. The Kier molecular flexibility index (Phi) is 7.65. The summed E-state index contributed by atoms with van der Waals surface area (Å²) in [4.78, 5) is 17.4. The molecule has 1 unspecified atom stereocenters. The van der Waals surface area contributed by atoms with Gasteiger partial charge in [0.15, 0.2) is 0 Å². The first kappa shape index (κ1) is 23.5. The summed E-state index contributed by atoms with van der Waals surface area (Å²) in [5.74, 6) is 1.68. The number of aryl methyl sites for hydroxylation is 1. The lowest BCUT2D eigenvalue weighted by Crippen LogP contribution is -2.16. The lowest BCUT2D eigenvalue weighted by Gasteiger charge is -2.17. The number of carbonyl (C=O) groups is 1. The van der Waals surface area contributed by atoms with Gasteiger partial charge in [0.05, 0.1) is 29.2 Å². The van der Waals surface area contributed by atoms with Gasteiger partial charge in [0.25, 0.3) is 5.91 Å². The molecule has 3 aromatic rings.